The van der Waals surface area contributed by atoms with Gasteiger partial charge in [-0.1, -0.05) is 26.7 Å². The first-order valence-electron chi connectivity index (χ1n) is 7.58. The fraction of sp³-hybridized carbons (Fsp3) is 0.857. The first-order valence-corrected chi connectivity index (χ1v) is 7.99. The van der Waals surface area contributed by atoms with Crippen LogP contribution in [-0.2, 0) is 0 Å². The molecule has 1 saturated heterocycles. The van der Waals surface area contributed by atoms with Gasteiger partial charge < -0.3 is 4.90 Å². The van der Waals surface area contributed by atoms with E-state index in [0.717, 1.165) is 35.6 Å². The highest BCUT2D eigenvalue weighted by molar-refractivity contribution is 7.71. The van der Waals surface area contributed by atoms with Gasteiger partial charge >= 0.3 is 0 Å². The molecule has 2 heterocycles. The molecule has 1 atom stereocenters. The van der Waals surface area contributed by atoms with Gasteiger partial charge in [0, 0.05) is 19.1 Å². The van der Waals surface area contributed by atoms with Crippen LogP contribution in [-0.4, -0.2) is 27.9 Å². The minimum absolute atomic E-state index is 0.569. The third-order valence-corrected chi connectivity index (χ3v) is 5.11. The largest absolute Gasteiger partial charge is 0.341 e. The second-order valence-corrected chi connectivity index (χ2v) is 6.76. The van der Waals surface area contributed by atoms with Gasteiger partial charge in [0.1, 0.15) is 0 Å². The highest BCUT2D eigenvalue weighted by Crippen LogP contribution is 2.34. The minimum Gasteiger partial charge on any atom is -0.341 e. The molecule has 2 fully saturated rings. The van der Waals surface area contributed by atoms with E-state index in [1.165, 1.54) is 32.1 Å². The number of aromatic nitrogens is 3. The molecular weight excluding hydrogens is 256 g/mol. The van der Waals surface area contributed by atoms with Crippen molar-refractivity contribution in [2.45, 2.75) is 52.0 Å². The Morgan fingerprint density at radius 2 is 2.00 bits per heavy atom. The molecule has 3 rings (SSSR count). The van der Waals surface area contributed by atoms with Gasteiger partial charge in [-0.25, -0.2) is 5.10 Å². The molecule has 1 unspecified atom stereocenters. The highest BCUT2D eigenvalue weighted by atomic mass is 32.1. The van der Waals surface area contributed by atoms with Gasteiger partial charge in [0.2, 0.25) is 5.95 Å². The fourth-order valence-corrected chi connectivity index (χ4v) is 3.80. The average molecular weight is 280 g/mol. The van der Waals surface area contributed by atoms with Gasteiger partial charge in [-0.2, -0.15) is 0 Å². The summed E-state index contributed by atoms with van der Waals surface area (Å²) in [5, 5.41) is 7.52. The molecule has 1 N–H and O–H groups in total. The van der Waals surface area contributed by atoms with Crippen molar-refractivity contribution in [2.75, 3.05) is 18.0 Å². The number of hydrogen-bond acceptors (Lipinski definition) is 3. The maximum atomic E-state index is 5.44. The minimum atomic E-state index is 0.569. The Hall–Kier alpha value is -0.840. The SMILES string of the molecule is CC(C)C1CCN(c2n[nH]c(=S)n2C2CCCC2)C1. The van der Waals surface area contributed by atoms with E-state index in [-0.39, 0.29) is 0 Å². The van der Waals surface area contributed by atoms with Crippen LogP contribution in [0.25, 0.3) is 0 Å². The van der Waals surface area contributed by atoms with E-state index in [2.05, 4.69) is 33.5 Å². The molecule has 4 nitrogen and oxygen atoms in total. The van der Waals surface area contributed by atoms with Crippen molar-refractivity contribution in [3.8, 4) is 0 Å². The lowest BCUT2D eigenvalue weighted by Crippen LogP contribution is -2.25. The molecule has 1 aromatic rings. The summed E-state index contributed by atoms with van der Waals surface area (Å²) in [5.74, 6) is 2.63. The third kappa shape index (κ3) is 2.45. The quantitative estimate of drug-likeness (QED) is 0.860. The lowest BCUT2D eigenvalue weighted by molar-refractivity contribution is 0.421. The number of anilines is 1. The summed E-state index contributed by atoms with van der Waals surface area (Å²) in [6.07, 6.45) is 6.43. The first kappa shape index (κ1) is 13.2. The van der Waals surface area contributed by atoms with Crippen LogP contribution in [0.3, 0.4) is 0 Å². The average Bonchev–Trinajstić information content (AvgIpc) is 3.07. The van der Waals surface area contributed by atoms with Gasteiger partial charge in [0.25, 0.3) is 0 Å². The van der Waals surface area contributed by atoms with Gasteiger partial charge in [-0.15, -0.1) is 5.10 Å². The lowest BCUT2D eigenvalue weighted by atomic mass is 9.95. The van der Waals surface area contributed by atoms with Crippen molar-refractivity contribution in [3.05, 3.63) is 4.77 Å². The summed E-state index contributed by atoms with van der Waals surface area (Å²) in [4.78, 5) is 2.43. The molecule has 1 aliphatic heterocycles. The van der Waals surface area contributed by atoms with E-state index < -0.39 is 0 Å². The van der Waals surface area contributed by atoms with E-state index in [9.17, 15) is 0 Å². The van der Waals surface area contributed by atoms with E-state index >= 15 is 0 Å². The molecule has 0 radical (unpaired) electrons. The molecule has 19 heavy (non-hydrogen) atoms. The smallest absolute Gasteiger partial charge is 0.225 e. The first-order chi connectivity index (χ1) is 9.16. The maximum absolute atomic E-state index is 5.44. The highest BCUT2D eigenvalue weighted by Gasteiger charge is 2.30. The molecule has 0 bridgehead atoms. The zero-order valence-electron chi connectivity index (χ0n) is 11.9. The van der Waals surface area contributed by atoms with Crippen LogP contribution < -0.4 is 4.90 Å². The van der Waals surface area contributed by atoms with Crippen molar-refractivity contribution in [1.29, 1.82) is 0 Å². The number of aromatic amines is 1. The van der Waals surface area contributed by atoms with E-state index in [0.29, 0.717) is 6.04 Å². The predicted octanol–water partition coefficient (Wildman–Crippen LogP) is 3.54. The normalized spacial score (nSPS) is 24.8. The van der Waals surface area contributed by atoms with Crippen molar-refractivity contribution in [3.63, 3.8) is 0 Å². The molecule has 0 aromatic carbocycles. The molecule has 0 spiro atoms. The zero-order chi connectivity index (χ0) is 13.4. The summed E-state index contributed by atoms with van der Waals surface area (Å²) in [6, 6.07) is 0.569. The van der Waals surface area contributed by atoms with Gasteiger partial charge in [-0.3, -0.25) is 4.57 Å². The lowest BCUT2D eigenvalue weighted by Gasteiger charge is -2.22. The number of H-pyrrole nitrogens is 1. The van der Waals surface area contributed by atoms with Crippen LogP contribution in [0, 0.1) is 16.6 Å². The third-order valence-electron chi connectivity index (χ3n) is 4.83. The second kappa shape index (κ2) is 5.27. The molecule has 2 aliphatic rings. The number of rotatable bonds is 3. The van der Waals surface area contributed by atoms with Gasteiger partial charge in [0.15, 0.2) is 4.77 Å². The Morgan fingerprint density at radius 3 is 2.63 bits per heavy atom. The Bertz CT molecular complexity index is 484. The maximum Gasteiger partial charge on any atom is 0.225 e. The molecule has 1 aromatic heterocycles. The van der Waals surface area contributed by atoms with Crippen molar-refractivity contribution in [2.24, 2.45) is 11.8 Å². The summed E-state index contributed by atoms with van der Waals surface area (Å²) in [5.41, 5.74) is 0. The predicted molar refractivity (Wildman–Crippen MR) is 80.1 cm³/mol. The molecule has 0 amide bonds. The van der Waals surface area contributed by atoms with Gasteiger partial charge in [0.05, 0.1) is 0 Å². The monoisotopic (exact) mass is 280 g/mol. The molecule has 5 heteroatoms. The number of hydrogen-bond donors (Lipinski definition) is 1. The van der Waals surface area contributed by atoms with E-state index in [4.69, 9.17) is 12.2 Å². The van der Waals surface area contributed by atoms with Crippen molar-refractivity contribution < 1.29 is 0 Å². The Morgan fingerprint density at radius 1 is 1.26 bits per heavy atom. The molecule has 106 valence electrons. The van der Waals surface area contributed by atoms with Crippen molar-refractivity contribution >= 4 is 18.2 Å². The molecular formula is C14H24N4S. The van der Waals surface area contributed by atoms with E-state index in [1.807, 2.05) is 0 Å². The molecule has 1 aliphatic carbocycles. The van der Waals surface area contributed by atoms with Crippen LogP contribution in [0.15, 0.2) is 0 Å². The summed E-state index contributed by atoms with van der Waals surface area (Å²) < 4.78 is 3.08. The standard InChI is InChI=1S/C14H24N4S/c1-10(2)11-7-8-17(9-11)13-15-16-14(19)18(13)12-5-3-4-6-12/h10-12H,3-9H2,1-2H3,(H,16,19). The summed E-state index contributed by atoms with van der Waals surface area (Å²) in [6.45, 7) is 6.89. The van der Waals surface area contributed by atoms with Crippen LogP contribution >= 0.6 is 12.2 Å². The van der Waals surface area contributed by atoms with Crippen LogP contribution in [0.5, 0.6) is 0 Å². The topological polar surface area (TPSA) is 36.9 Å². The summed E-state index contributed by atoms with van der Waals surface area (Å²) in [7, 11) is 0. The number of nitrogens with zero attached hydrogens (tertiary/aromatic N) is 3. The van der Waals surface area contributed by atoms with Crippen LogP contribution in [0.4, 0.5) is 5.95 Å². The Labute approximate surface area is 120 Å². The fourth-order valence-electron chi connectivity index (χ4n) is 3.52. The molecule has 1 saturated carbocycles. The number of nitrogens with one attached hydrogen (secondary N) is 1. The summed E-state index contributed by atoms with van der Waals surface area (Å²) >= 11 is 5.44. The zero-order valence-corrected chi connectivity index (χ0v) is 12.7. The van der Waals surface area contributed by atoms with Crippen LogP contribution in [0.2, 0.25) is 0 Å². The van der Waals surface area contributed by atoms with E-state index in [1.54, 1.807) is 0 Å². The Kier molecular flexibility index (Phi) is 3.65. The van der Waals surface area contributed by atoms with Gasteiger partial charge in [-0.05, 0) is 43.3 Å². The second-order valence-electron chi connectivity index (χ2n) is 6.38. The van der Waals surface area contributed by atoms with Crippen LogP contribution in [0.1, 0.15) is 52.0 Å². The Balaban J connectivity index is 1.83. The van der Waals surface area contributed by atoms with Crippen molar-refractivity contribution in [1.82, 2.24) is 14.8 Å².